The molecule has 0 aliphatic carbocycles. The largest absolute Gasteiger partial charge is 0.395 e. The highest BCUT2D eigenvalue weighted by Crippen LogP contribution is 2.04. The second kappa shape index (κ2) is 10.0. The molecule has 0 radical (unpaired) electrons. The minimum atomic E-state index is 0.188. The number of likely N-dealkylation sites (N-methyl/N-ethyl adjacent to an activating group) is 1. The van der Waals surface area contributed by atoms with Gasteiger partial charge in [0.15, 0.2) is 0 Å². The van der Waals surface area contributed by atoms with Gasteiger partial charge < -0.3 is 15.2 Å². The first-order chi connectivity index (χ1) is 7.63. The van der Waals surface area contributed by atoms with Crippen molar-refractivity contribution in [3.8, 4) is 0 Å². The Morgan fingerprint density at radius 3 is 2.44 bits per heavy atom. The molecule has 4 nitrogen and oxygen atoms in total. The summed E-state index contributed by atoms with van der Waals surface area (Å²) in [7, 11) is 0. The SMILES string of the molecule is CCN(C(C)C)C(C)COCCNCCO. The summed E-state index contributed by atoms with van der Waals surface area (Å²) in [5, 5.41) is 11.7. The Morgan fingerprint density at radius 2 is 1.94 bits per heavy atom. The van der Waals surface area contributed by atoms with Crippen molar-refractivity contribution < 1.29 is 9.84 Å². The summed E-state index contributed by atoms with van der Waals surface area (Å²) in [6.45, 7) is 13.0. The van der Waals surface area contributed by atoms with E-state index in [2.05, 4.69) is 37.9 Å². The maximum absolute atomic E-state index is 8.57. The Morgan fingerprint density at radius 1 is 1.25 bits per heavy atom. The van der Waals surface area contributed by atoms with Crippen molar-refractivity contribution in [2.75, 3.05) is 39.5 Å². The molecular weight excluding hydrogens is 204 g/mol. The molecule has 0 aromatic carbocycles. The number of rotatable bonds is 10. The van der Waals surface area contributed by atoms with Gasteiger partial charge in [0, 0.05) is 25.2 Å². The lowest BCUT2D eigenvalue weighted by Crippen LogP contribution is -2.41. The summed E-state index contributed by atoms with van der Waals surface area (Å²) >= 11 is 0. The highest BCUT2D eigenvalue weighted by molar-refractivity contribution is 4.68. The van der Waals surface area contributed by atoms with Gasteiger partial charge in [0.1, 0.15) is 0 Å². The lowest BCUT2D eigenvalue weighted by molar-refractivity contribution is 0.0561. The van der Waals surface area contributed by atoms with Crippen molar-refractivity contribution in [3.63, 3.8) is 0 Å². The van der Waals surface area contributed by atoms with Crippen LogP contribution in [0.3, 0.4) is 0 Å². The Balaban J connectivity index is 3.52. The molecule has 98 valence electrons. The van der Waals surface area contributed by atoms with Crippen molar-refractivity contribution in [2.24, 2.45) is 0 Å². The Hall–Kier alpha value is -0.160. The van der Waals surface area contributed by atoms with Crippen LogP contribution in [0.25, 0.3) is 0 Å². The van der Waals surface area contributed by atoms with Gasteiger partial charge in [-0.2, -0.15) is 0 Å². The Labute approximate surface area is 100.0 Å². The highest BCUT2D eigenvalue weighted by Gasteiger charge is 2.14. The number of hydrogen-bond donors (Lipinski definition) is 2. The van der Waals surface area contributed by atoms with Gasteiger partial charge in [-0.15, -0.1) is 0 Å². The zero-order valence-electron chi connectivity index (χ0n) is 11.2. The lowest BCUT2D eigenvalue weighted by atomic mass is 10.2. The first kappa shape index (κ1) is 15.8. The maximum atomic E-state index is 8.57. The predicted molar refractivity (Wildman–Crippen MR) is 67.8 cm³/mol. The van der Waals surface area contributed by atoms with E-state index in [0.29, 0.717) is 25.2 Å². The molecule has 0 aromatic rings. The molecular formula is C12H28N2O2. The predicted octanol–water partition coefficient (Wildman–Crippen LogP) is 0.704. The summed E-state index contributed by atoms with van der Waals surface area (Å²) in [6.07, 6.45) is 0. The Bertz CT molecular complexity index is 154. The van der Waals surface area contributed by atoms with Crippen molar-refractivity contribution in [1.29, 1.82) is 0 Å². The molecule has 0 saturated carbocycles. The number of aliphatic hydroxyl groups is 1. The highest BCUT2D eigenvalue weighted by atomic mass is 16.5. The van der Waals surface area contributed by atoms with Gasteiger partial charge in [0.2, 0.25) is 0 Å². The zero-order valence-corrected chi connectivity index (χ0v) is 11.2. The van der Waals surface area contributed by atoms with Crippen LogP contribution in [0.1, 0.15) is 27.7 Å². The molecule has 0 saturated heterocycles. The first-order valence-electron chi connectivity index (χ1n) is 6.28. The van der Waals surface area contributed by atoms with Crippen LogP contribution in [0.4, 0.5) is 0 Å². The minimum absolute atomic E-state index is 0.188. The molecule has 1 unspecified atom stereocenters. The molecule has 0 spiro atoms. The smallest absolute Gasteiger partial charge is 0.0619 e. The molecule has 0 rings (SSSR count). The van der Waals surface area contributed by atoms with Gasteiger partial charge in [-0.3, -0.25) is 4.90 Å². The topological polar surface area (TPSA) is 44.7 Å². The normalized spacial score (nSPS) is 13.7. The number of nitrogens with zero attached hydrogens (tertiary/aromatic N) is 1. The molecule has 0 amide bonds. The van der Waals surface area contributed by atoms with Crippen LogP contribution in [0.15, 0.2) is 0 Å². The van der Waals surface area contributed by atoms with Gasteiger partial charge in [-0.25, -0.2) is 0 Å². The van der Waals surface area contributed by atoms with E-state index in [1.165, 1.54) is 0 Å². The molecule has 16 heavy (non-hydrogen) atoms. The van der Waals surface area contributed by atoms with Crippen LogP contribution in [-0.2, 0) is 4.74 Å². The summed E-state index contributed by atoms with van der Waals surface area (Å²) < 4.78 is 5.59. The molecule has 0 heterocycles. The van der Waals surface area contributed by atoms with Crippen molar-refractivity contribution >= 4 is 0 Å². The fourth-order valence-corrected chi connectivity index (χ4v) is 1.88. The number of ether oxygens (including phenoxy) is 1. The summed E-state index contributed by atoms with van der Waals surface area (Å²) in [6, 6.07) is 1.03. The standard InChI is InChI=1S/C12H28N2O2/c1-5-14(11(2)3)12(4)10-16-9-7-13-6-8-15/h11-13,15H,5-10H2,1-4H3. The first-order valence-corrected chi connectivity index (χ1v) is 6.28. The zero-order chi connectivity index (χ0) is 12.4. The second-order valence-electron chi connectivity index (χ2n) is 4.32. The van der Waals surface area contributed by atoms with E-state index in [1.54, 1.807) is 0 Å². The van der Waals surface area contributed by atoms with E-state index in [1.807, 2.05) is 0 Å². The average molecular weight is 232 g/mol. The van der Waals surface area contributed by atoms with E-state index in [4.69, 9.17) is 9.84 Å². The summed E-state index contributed by atoms with van der Waals surface area (Å²) in [5.41, 5.74) is 0. The van der Waals surface area contributed by atoms with E-state index >= 15 is 0 Å². The van der Waals surface area contributed by atoms with Crippen molar-refractivity contribution in [1.82, 2.24) is 10.2 Å². The van der Waals surface area contributed by atoms with Crippen LogP contribution in [0, 0.1) is 0 Å². The fraction of sp³-hybridized carbons (Fsp3) is 1.00. The summed E-state index contributed by atoms with van der Waals surface area (Å²) in [4.78, 5) is 2.42. The molecule has 0 bridgehead atoms. The van der Waals surface area contributed by atoms with Gasteiger partial charge in [-0.05, 0) is 27.3 Å². The van der Waals surface area contributed by atoms with E-state index in [0.717, 1.165) is 19.7 Å². The van der Waals surface area contributed by atoms with Gasteiger partial charge in [-0.1, -0.05) is 6.92 Å². The molecule has 1 atom stereocenters. The Kier molecular flexibility index (Phi) is 9.92. The van der Waals surface area contributed by atoms with Crippen LogP contribution < -0.4 is 5.32 Å². The fourth-order valence-electron chi connectivity index (χ4n) is 1.88. The third-order valence-electron chi connectivity index (χ3n) is 2.67. The molecule has 2 N–H and O–H groups in total. The number of nitrogens with one attached hydrogen (secondary N) is 1. The van der Waals surface area contributed by atoms with Gasteiger partial charge in [0.05, 0.1) is 19.8 Å². The van der Waals surface area contributed by atoms with Crippen LogP contribution in [0.2, 0.25) is 0 Å². The molecule has 0 aliphatic rings. The quantitative estimate of drug-likeness (QED) is 0.544. The van der Waals surface area contributed by atoms with E-state index in [-0.39, 0.29) is 6.61 Å². The molecule has 0 fully saturated rings. The lowest BCUT2D eigenvalue weighted by Gasteiger charge is -2.31. The molecule has 4 heteroatoms. The third kappa shape index (κ3) is 7.17. The molecule has 0 aromatic heterocycles. The van der Waals surface area contributed by atoms with Crippen molar-refractivity contribution in [3.05, 3.63) is 0 Å². The van der Waals surface area contributed by atoms with E-state index in [9.17, 15) is 0 Å². The van der Waals surface area contributed by atoms with Crippen LogP contribution in [0.5, 0.6) is 0 Å². The van der Waals surface area contributed by atoms with E-state index < -0.39 is 0 Å². The van der Waals surface area contributed by atoms with Crippen molar-refractivity contribution in [2.45, 2.75) is 39.8 Å². The number of hydrogen-bond acceptors (Lipinski definition) is 4. The second-order valence-corrected chi connectivity index (χ2v) is 4.32. The average Bonchev–Trinajstić information content (AvgIpc) is 2.23. The third-order valence-corrected chi connectivity index (χ3v) is 2.67. The monoisotopic (exact) mass is 232 g/mol. The van der Waals surface area contributed by atoms with Gasteiger partial charge >= 0.3 is 0 Å². The maximum Gasteiger partial charge on any atom is 0.0619 e. The van der Waals surface area contributed by atoms with Crippen LogP contribution >= 0.6 is 0 Å². The molecule has 0 aliphatic heterocycles. The minimum Gasteiger partial charge on any atom is -0.395 e. The summed E-state index contributed by atoms with van der Waals surface area (Å²) in [5.74, 6) is 0. The van der Waals surface area contributed by atoms with Crippen LogP contribution in [-0.4, -0.2) is 61.5 Å². The number of aliphatic hydroxyl groups excluding tert-OH is 1. The van der Waals surface area contributed by atoms with Gasteiger partial charge in [0.25, 0.3) is 0 Å².